The molecule has 3 amide bonds. The number of carbonyl (C=O) groups is 5. The number of nitrogen functional groups attached to an aromatic ring is 1. The lowest BCUT2D eigenvalue weighted by Crippen LogP contribution is -2.52. The predicted molar refractivity (Wildman–Crippen MR) is 149 cm³/mol. The Hall–Kier alpha value is -5.52. The average molecular weight is 560 g/mol. The Morgan fingerprint density at radius 1 is 0.780 bits per heavy atom. The van der Waals surface area contributed by atoms with E-state index in [2.05, 4.69) is 16.0 Å². The summed E-state index contributed by atoms with van der Waals surface area (Å²) in [6.45, 7) is 0. The minimum atomic E-state index is -1.56. The Morgan fingerprint density at radius 2 is 1.46 bits per heavy atom. The summed E-state index contributed by atoms with van der Waals surface area (Å²) in [6, 6.07) is 18.1. The van der Waals surface area contributed by atoms with Crippen molar-refractivity contribution in [1.29, 1.82) is 5.41 Å². The van der Waals surface area contributed by atoms with Gasteiger partial charge in [-0.25, -0.2) is 4.79 Å². The molecule has 3 rings (SSSR count). The second-order valence-corrected chi connectivity index (χ2v) is 9.13. The molecule has 12 heteroatoms. The highest BCUT2D eigenvalue weighted by molar-refractivity contribution is 6.01. The molecule has 12 nitrogen and oxygen atoms in total. The van der Waals surface area contributed by atoms with Gasteiger partial charge < -0.3 is 31.9 Å². The van der Waals surface area contributed by atoms with Crippen LogP contribution >= 0.6 is 0 Å². The standard InChI is InChI=1S/C29H29N5O7/c30-26(31)19-11-9-18(10-12-19)14-24(35)32-21-8-4-7-20(15-21)27(38)33-22(16-25(36)37)28(39)34-23(29(40)41)13-17-5-2-1-3-6-17/h1-12,15,22-23H,13-14,16H2,(H3,30,31)(H,32,35)(H,33,38)(H,34,39)(H,36,37)(H,40,41)/t22-,23-/m0/s1. The fraction of sp³-hybridized carbons (Fsp3) is 0.172. The Balaban J connectivity index is 1.66. The third-order valence-corrected chi connectivity index (χ3v) is 5.94. The summed E-state index contributed by atoms with van der Waals surface area (Å²) in [6.07, 6.45) is -0.810. The van der Waals surface area contributed by atoms with Crippen LogP contribution in [0, 0.1) is 5.41 Å². The number of carboxylic acids is 2. The third-order valence-electron chi connectivity index (χ3n) is 5.94. The SMILES string of the molecule is N=C(N)c1ccc(CC(=O)Nc2cccc(C(=O)N[C@@H](CC(=O)O)C(=O)N[C@@H](Cc3ccccc3)C(=O)O)c2)cc1. The van der Waals surface area contributed by atoms with Gasteiger partial charge in [-0.15, -0.1) is 0 Å². The summed E-state index contributed by atoms with van der Waals surface area (Å²) < 4.78 is 0. The van der Waals surface area contributed by atoms with Crippen molar-refractivity contribution in [2.24, 2.45) is 5.73 Å². The van der Waals surface area contributed by atoms with Crippen LogP contribution in [0.5, 0.6) is 0 Å². The summed E-state index contributed by atoms with van der Waals surface area (Å²) in [4.78, 5) is 61.5. The van der Waals surface area contributed by atoms with E-state index in [1.165, 1.54) is 18.2 Å². The highest BCUT2D eigenvalue weighted by Crippen LogP contribution is 2.13. The number of amides is 3. The smallest absolute Gasteiger partial charge is 0.326 e. The highest BCUT2D eigenvalue weighted by Gasteiger charge is 2.29. The van der Waals surface area contributed by atoms with E-state index in [0.717, 1.165) is 0 Å². The normalized spacial score (nSPS) is 11.9. The molecule has 3 aromatic rings. The Kier molecular flexibility index (Phi) is 10.3. The molecule has 2 atom stereocenters. The molecule has 0 bridgehead atoms. The lowest BCUT2D eigenvalue weighted by Gasteiger charge is -2.20. The van der Waals surface area contributed by atoms with Crippen molar-refractivity contribution in [3.63, 3.8) is 0 Å². The number of hydrogen-bond acceptors (Lipinski definition) is 6. The summed E-state index contributed by atoms with van der Waals surface area (Å²) in [5, 5.41) is 33.6. The highest BCUT2D eigenvalue weighted by atomic mass is 16.4. The molecule has 0 fully saturated rings. The number of benzene rings is 3. The molecule has 0 aliphatic heterocycles. The molecule has 0 unspecified atom stereocenters. The quantitative estimate of drug-likeness (QED) is 0.120. The topological polar surface area (TPSA) is 212 Å². The van der Waals surface area contributed by atoms with Crippen LogP contribution in [0.25, 0.3) is 0 Å². The van der Waals surface area contributed by atoms with E-state index in [9.17, 15) is 34.2 Å². The van der Waals surface area contributed by atoms with Gasteiger partial charge in [0, 0.05) is 23.2 Å². The fourth-order valence-electron chi connectivity index (χ4n) is 3.88. The van der Waals surface area contributed by atoms with E-state index in [-0.39, 0.29) is 35.8 Å². The number of carbonyl (C=O) groups excluding carboxylic acids is 3. The van der Waals surface area contributed by atoms with Crippen LogP contribution in [0.1, 0.15) is 33.5 Å². The van der Waals surface area contributed by atoms with Gasteiger partial charge in [-0.05, 0) is 29.3 Å². The van der Waals surface area contributed by atoms with Crippen molar-refractivity contribution in [3.8, 4) is 0 Å². The molecule has 0 radical (unpaired) electrons. The van der Waals surface area contributed by atoms with Crippen molar-refractivity contribution >= 4 is 41.2 Å². The molecular formula is C29H29N5O7. The van der Waals surface area contributed by atoms with Crippen LogP contribution in [0.2, 0.25) is 0 Å². The monoisotopic (exact) mass is 559 g/mol. The molecule has 0 aliphatic rings. The fourth-order valence-corrected chi connectivity index (χ4v) is 3.88. The molecule has 212 valence electrons. The van der Waals surface area contributed by atoms with Gasteiger partial charge >= 0.3 is 11.9 Å². The van der Waals surface area contributed by atoms with E-state index in [0.29, 0.717) is 16.7 Å². The molecule has 0 spiro atoms. The first-order valence-electron chi connectivity index (χ1n) is 12.4. The lowest BCUT2D eigenvalue weighted by atomic mass is 10.0. The number of nitrogens with one attached hydrogen (secondary N) is 4. The summed E-state index contributed by atoms with van der Waals surface area (Å²) in [5.74, 6) is -4.92. The maximum atomic E-state index is 12.9. The molecule has 3 aromatic carbocycles. The summed E-state index contributed by atoms with van der Waals surface area (Å²) >= 11 is 0. The van der Waals surface area contributed by atoms with Crippen molar-refractivity contribution in [3.05, 3.63) is 101 Å². The van der Waals surface area contributed by atoms with E-state index in [1.807, 2.05) is 0 Å². The second-order valence-electron chi connectivity index (χ2n) is 9.13. The van der Waals surface area contributed by atoms with E-state index >= 15 is 0 Å². The largest absolute Gasteiger partial charge is 0.481 e. The van der Waals surface area contributed by atoms with E-state index < -0.39 is 42.3 Å². The van der Waals surface area contributed by atoms with Gasteiger partial charge in [-0.2, -0.15) is 0 Å². The van der Waals surface area contributed by atoms with Crippen molar-refractivity contribution in [1.82, 2.24) is 10.6 Å². The van der Waals surface area contributed by atoms with Crippen molar-refractivity contribution in [2.45, 2.75) is 31.3 Å². The number of hydrogen-bond donors (Lipinski definition) is 7. The molecule has 41 heavy (non-hydrogen) atoms. The van der Waals surface area contributed by atoms with Gasteiger partial charge in [0.25, 0.3) is 5.91 Å². The minimum absolute atomic E-state index is 0.0171. The van der Waals surface area contributed by atoms with Crippen LogP contribution in [0.3, 0.4) is 0 Å². The zero-order valence-corrected chi connectivity index (χ0v) is 21.8. The van der Waals surface area contributed by atoms with Gasteiger partial charge in [0.05, 0.1) is 12.8 Å². The second kappa shape index (κ2) is 14.0. The van der Waals surface area contributed by atoms with Crippen LogP contribution in [-0.2, 0) is 32.0 Å². The van der Waals surface area contributed by atoms with Crippen LogP contribution in [0.15, 0.2) is 78.9 Å². The summed E-state index contributed by atoms with van der Waals surface area (Å²) in [5.41, 5.74) is 7.61. The van der Waals surface area contributed by atoms with Crippen LogP contribution < -0.4 is 21.7 Å². The maximum Gasteiger partial charge on any atom is 0.326 e. The van der Waals surface area contributed by atoms with Crippen molar-refractivity contribution in [2.75, 3.05) is 5.32 Å². The zero-order valence-electron chi connectivity index (χ0n) is 21.8. The van der Waals surface area contributed by atoms with Gasteiger partial charge in [0.1, 0.15) is 17.9 Å². The Bertz CT molecular complexity index is 1440. The van der Waals surface area contributed by atoms with Crippen LogP contribution in [-0.4, -0.2) is 57.8 Å². The van der Waals surface area contributed by atoms with Crippen LogP contribution in [0.4, 0.5) is 5.69 Å². The Morgan fingerprint density at radius 3 is 2.07 bits per heavy atom. The molecule has 0 aliphatic carbocycles. The van der Waals surface area contributed by atoms with E-state index in [1.54, 1.807) is 60.7 Å². The van der Waals surface area contributed by atoms with Gasteiger partial charge in [0.2, 0.25) is 11.8 Å². The molecule has 0 saturated carbocycles. The van der Waals surface area contributed by atoms with Gasteiger partial charge in [0.15, 0.2) is 0 Å². The van der Waals surface area contributed by atoms with E-state index in [4.69, 9.17) is 11.1 Å². The first kappa shape index (κ1) is 30.0. The molecule has 0 saturated heterocycles. The number of carboxylic acid groups (broad SMARTS) is 2. The average Bonchev–Trinajstić information content (AvgIpc) is 2.92. The first-order chi connectivity index (χ1) is 19.5. The predicted octanol–water partition coefficient (Wildman–Crippen LogP) is 1.54. The minimum Gasteiger partial charge on any atom is -0.481 e. The zero-order chi connectivity index (χ0) is 29.9. The Labute approximate surface area is 235 Å². The number of nitrogens with two attached hydrogens (primary N) is 1. The molecule has 0 heterocycles. The number of anilines is 1. The van der Waals surface area contributed by atoms with Gasteiger partial charge in [-0.1, -0.05) is 60.7 Å². The third kappa shape index (κ3) is 9.32. The lowest BCUT2D eigenvalue weighted by molar-refractivity contribution is -0.142. The molecule has 0 aromatic heterocycles. The van der Waals surface area contributed by atoms with Gasteiger partial charge in [-0.3, -0.25) is 24.6 Å². The maximum absolute atomic E-state index is 12.9. The number of amidine groups is 1. The summed E-state index contributed by atoms with van der Waals surface area (Å²) in [7, 11) is 0. The van der Waals surface area contributed by atoms with Crippen molar-refractivity contribution < 1.29 is 34.2 Å². The number of aliphatic carboxylic acids is 2. The molecular weight excluding hydrogens is 530 g/mol. The molecule has 8 N–H and O–H groups in total. The number of rotatable bonds is 13. The first-order valence-corrected chi connectivity index (χ1v) is 12.4.